The maximum atomic E-state index is 2.57. The van der Waals surface area contributed by atoms with E-state index in [-0.39, 0.29) is 12.8 Å². The first-order valence-corrected chi connectivity index (χ1v) is 11.2. The third-order valence-electron chi connectivity index (χ3n) is 7.35. The molecule has 1 aliphatic carbocycles. The van der Waals surface area contributed by atoms with E-state index in [9.17, 15) is 0 Å². The Kier molecular flexibility index (Phi) is 5.09. The van der Waals surface area contributed by atoms with Gasteiger partial charge in [0.2, 0.25) is 5.36 Å². The normalized spacial score (nSPS) is 18.6. The zero-order valence-corrected chi connectivity index (χ0v) is 17.9. The minimum Gasteiger partial charge on any atom is -0.372 e. The van der Waals surface area contributed by atoms with E-state index in [4.69, 9.17) is 0 Å². The number of hydrogen-bond acceptors (Lipinski definition) is 1. The third-order valence-corrected chi connectivity index (χ3v) is 7.35. The second-order valence-electron chi connectivity index (χ2n) is 9.27. The minimum absolute atomic E-state index is 0. The van der Waals surface area contributed by atoms with Gasteiger partial charge >= 0.3 is 0 Å². The van der Waals surface area contributed by atoms with Crippen LogP contribution in [-0.2, 0) is 18.3 Å². The Labute approximate surface area is 176 Å². The van der Waals surface area contributed by atoms with Gasteiger partial charge in [-0.05, 0) is 84.9 Å². The molecule has 0 saturated heterocycles. The maximum absolute atomic E-state index is 2.57. The highest BCUT2D eigenvalue weighted by atomic mass is 15.1. The van der Waals surface area contributed by atoms with E-state index >= 15 is 0 Å². The van der Waals surface area contributed by atoms with Gasteiger partial charge in [0.15, 0.2) is 0 Å². The van der Waals surface area contributed by atoms with Crippen LogP contribution in [0.15, 0.2) is 24.3 Å². The zero-order valence-electron chi connectivity index (χ0n) is 17.9. The first kappa shape index (κ1) is 20.2. The minimum atomic E-state index is 0. The molecular formula is C27H37N2+. The van der Waals surface area contributed by atoms with E-state index in [0.717, 1.165) is 13.1 Å². The van der Waals surface area contributed by atoms with Crippen molar-refractivity contribution in [3.63, 3.8) is 0 Å². The summed E-state index contributed by atoms with van der Waals surface area (Å²) in [4.78, 5) is 2.57. The molecule has 5 rings (SSSR count). The maximum Gasteiger partial charge on any atom is 0.203 e. The van der Waals surface area contributed by atoms with Crippen LogP contribution >= 0.6 is 0 Å². The van der Waals surface area contributed by atoms with Crippen LogP contribution in [0.2, 0.25) is 0 Å². The largest absolute Gasteiger partial charge is 0.372 e. The lowest BCUT2D eigenvalue weighted by atomic mass is 9.71. The average molecular weight is 390 g/mol. The van der Waals surface area contributed by atoms with Crippen molar-refractivity contribution in [2.75, 3.05) is 31.1 Å². The fourth-order valence-corrected chi connectivity index (χ4v) is 5.75. The topological polar surface area (TPSA) is 6.25 Å². The lowest BCUT2D eigenvalue weighted by Gasteiger charge is -2.36. The first-order valence-electron chi connectivity index (χ1n) is 11.2. The molecule has 0 radical (unpaired) electrons. The molecule has 0 amide bonds. The zero-order chi connectivity index (χ0) is 19.5. The molecule has 154 valence electrons. The summed E-state index contributed by atoms with van der Waals surface area (Å²) in [7, 11) is 0. The molecule has 29 heavy (non-hydrogen) atoms. The molecule has 0 fully saturated rings. The number of fused-ring (bicyclic) bond motifs is 4. The highest BCUT2D eigenvalue weighted by molar-refractivity contribution is 5.71. The van der Waals surface area contributed by atoms with Crippen LogP contribution in [0.25, 0.3) is 6.08 Å². The molecule has 2 aromatic carbocycles. The van der Waals surface area contributed by atoms with Crippen LogP contribution in [0.4, 0.5) is 5.69 Å². The Balaban J connectivity index is 0.00000205. The van der Waals surface area contributed by atoms with Crippen LogP contribution in [0, 0.1) is 0 Å². The van der Waals surface area contributed by atoms with Gasteiger partial charge in [-0.2, -0.15) is 0 Å². The predicted molar refractivity (Wildman–Crippen MR) is 126 cm³/mol. The first-order chi connectivity index (χ1) is 13.5. The summed E-state index contributed by atoms with van der Waals surface area (Å²) in [5.74, 6) is 0. The molecule has 2 heterocycles. The third kappa shape index (κ3) is 3.03. The molecule has 0 bridgehead atoms. The van der Waals surface area contributed by atoms with Crippen molar-refractivity contribution in [2.24, 2.45) is 0 Å². The summed E-state index contributed by atoms with van der Waals surface area (Å²) < 4.78 is 2.57. The lowest BCUT2D eigenvalue weighted by Crippen LogP contribution is -2.42. The Morgan fingerprint density at radius 2 is 1.76 bits per heavy atom. The van der Waals surface area contributed by atoms with Gasteiger partial charge in [0.25, 0.3) is 0 Å². The molecule has 0 unspecified atom stereocenters. The predicted octanol–water partition coefficient (Wildman–Crippen LogP) is 4.02. The summed E-state index contributed by atoms with van der Waals surface area (Å²) in [5, 5.41) is 2.92. The van der Waals surface area contributed by atoms with Crippen molar-refractivity contribution >= 4 is 11.8 Å². The van der Waals surface area contributed by atoms with Crippen LogP contribution < -0.4 is 20.1 Å². The molecule has 0 saturated carbocycles. The van der Waals surface area contributed by atoms with Gasteiger partial charge in [-0.1, -0.05) is 21.3 Å². The lowest BCUT2D eigenvalue weighted by molar-refractivity contribution is 0.534. The van der Waals surface area contributed by atoms with Crippen molar-refractivity contribution in [2.45, 2.75) is 66.2 Å². The van der Waals surface area contributed by atoms with Gasteiger partial charge in [0.05, 0.1) is 0 Å². The van der Waals surface area contributed by atoms with Crippen LogP contribution in [0.3, 0.4) is 0 Å². The summed E-state index contributed by atoms with van der Waals surface area (Å²) in [6, 6.07) is 10.0. The van der Waals surface area contributed by atoms with Gasteiger partial charge in [-0.25, -0.2) is 4.58 Å². The molecular weight excluding hydrogens is 352 g/mol. The van der Waals surface area contributed by atoms with Gasteiger partial charge in [-0.15, -0.1) is 0 Å². The summed E-state index contributed by atoms with van der Waals surface area (Å²) in [6.07, 6.45) is 7.46. The fraction of sp³-hybridized carbons (Fsp3) is 0.519. The van der Waals surface area contributed by atoms with E-state index in [1.807, 2.05) is 0 Å². The van der Waals surface area contributed by atoms with Crippen molar-refractivity contribution < 1.29 is 0 Å². The second kappa shape index (κ2) is 7.31. The van der Waals surface area contributed by atoms with E-state index in [1.165, 1.54) is 82.9 Å². The Morgan fingerprint density at radius 1 is 0.966 bits per heavy atom. The molecule has 3 aliphatic rings. The second-order valence-corrected chi connectivity index (χ2v) is 9.27. The summed E-state index contributed by atoms with van der Waals surface area (Å²) >= 11 is 0. The van der Waals surface area contributed by atoms with E-state index in [0.29, 0.717) is 0 Å². The van der Waals surface area contributed by atoms with Crippen molar-refractivity contribution in [1.29, 1.82) is 0 Å². The van der Waals surface area contributed by atoms with Gasteiger partial charge < -0.3 is 4.90 Å². The van der Waals surface area contributed by atoms with E-state index < -0.39 is 0 Å². The Bertz CT molecular complexity index is 1070. The number of anilines is 1. The quantitative estimate of drug-likeness (QED) is 0.703. The Hall–Kier alpha value is -2.09. The fourth-order valence-electron chi connectivity index (χ4n) is 5.75. The van der Waals surface area contributed by atoms with Crippen molar-refractivity contribution in [3.8, 4) is 0 Å². The van der Waals surface area contributed by atoms with Crippen LogP contribution in [0.5, 0.6) is 0 Å². The summed E-state index contributed by atoms with van der Waals surface area (Å²) in [6.45, 7) is 14.0. The van der Waals surface area contributed by atoms with Crippen molar-refractivity contribution in [1.82, 2.24) is 4.58 Å². The number of hydrogen-bond donors (Lipinski definition) is 0. The molecule has 0 aromatic heterocycles. The SMILES string of the molecule is C.CCN1CCCc2cc3c(cc21)C(C)(C)c1cc2c(cc1=C3)CCC[N+]=2CC. The van der Waals surface area contributed by atoms with E-state index in [2.05, 4.69) is 67.5 Å². The number of aryl methyl sites for hydroxylation is 2. The van der Waals surface area contributed by atoms with Gasteiger partial charge in [0, 0.05) is 42.2 Å². The Morgan fingerprint density at radius 3 is 2.52 bits per heavy atom. The van der Waals surface area contributed by atoms with Gasteiger partial charge in [0.1, 0.15) is 13.1 Å². The molecule has 2 heteroatoms. The molecule has 2 aromatic rings. The standard InChI is InChI=1S/C26H33N2.CH4/c1-5-27-11-7-9-18-13-20-15-21-14-19-10-8-12-28(6-2)25(19)17-23(21)26(3,4)22(20)16-24(18)27;/h13-17H,5-12H2,1-4H3;1H4/q+1;. The van der Waals surface area contributed by atoms with E-state index in [1.54, 1.807) is 0 Å². The summed E-state index contributed by atoms with van der Waals surface area (Å²) in [5.41, 5.74) is 9.03. The van der Waals surface area contributed by atoms with Crippen LogP contribution in [-0.4, -0.2) is 26.2 Å². The molecule has 0 spiro atoms. The van der Waals surface area contributed by atoms with Crippen molar-refractivity contribution in [3.05, 3.63) is 62.7 Å². The number of rotatable bonds is 2. The molecule has 0 atom stereocenters. The molecule has 0 N–H and O–H groups in total. The highest BCUT2D eigenvalue weighted by Crippen LogP contribution is 2.40. The molecule has 2 aliphatic heterocycles. The highest BCUT2D eigenvalue weighted by Gasteiger charge is 2.33. The monoisotopic (exact) mass is 389 g/mol. The number of benzene rings is 2. The average Bonchev–Trinajstić information content (AvgIpc) is 2.70. The molecule has 2 nitrogen and oxygen atoms in total. The van der Waals surface area contributed by atoms with Crippen LogP contribution in [0.1, 0.15) is 75.8 Å². The smallest absolute Gasteiger partial charge is 0.203 e. The number of nitrogens with zero attached hydrogens (tertiary/aromatic N) is 2. The van der Waals surface area contributed by atoms with Gasteiger partial charge in [-0.3, -0.25) is 0 Å².